The maximum Gasteiger partial charge on any atom is 0.226 e. The minimum atomic E-state index is -0.641. The van der Waals surface area contributed by atoms with Crippen LogP contribution in [0.5, 0.6) is 0 Å². The molecule has 1 fully saturated rings. The van der Waals surface area contributed by atoms with Gasteiger partial charge in [-0.25, -0.2) is 0 Å². The van der Waals surface area contributed by atoms with E-state index in [2.05, 4.69) is 0 Å². The summed E-state index contributed by atoms with van der Waals surface area (Å²) < 4.78 is 17.4. The molecule has 0 aliphatic carbocycles. The molecule has 1 saturated heterocycles. The highest BCUT2D eigenvalue weighted by Crippen LogP contribution is 2.48. The fraction of sp³-hybridized carbons (Fsp3) is 0.571. The van der Waals surface area contributed by atoms with E-state index in [-0.39, 0.29) is 0 Å². The van der Waals surface area contributed by atoms with Crippen molar-refractivity contribution in [1.29, 1.82) is 0 Å². The van der Waals surface area contributed by atoms with E-state index in [1.165, 1.54) is 0 Å². The molecule has 0 saturated carbocycles. The van der Waals surface area contributed by atoms with Crippen molar-refractivity contribution in [2.45, 2.75) is 32.2 Å². The Kier molecular flexibility index (Phi) is 3.52. The summed E-state index contributed by atoms with van der Waals surface area (Å²) >= 11 is 0. The monoisotopic (exact) mass is 236 g/mol. The molecule has 1 aliphatic rings. The summed E-state index contributed by atoms with van der Waals surface area (Å²) in [5, 5.41) is 0. The zero-order chi connectivity index (χ0) is 12.4. The van der Waals surface area contributed by atoms with Gasteiger partial charge in [-0.3, -0.25) is 0 Å². The van der Waals surface area contributed by atoms with Crippen molar-refractivity contribution in [2.24, 2.45) is 0 Å². The van der Waals surface area contributed by atoms with Crippen LogP contribution in [0.25, 0.3) is 0 Å². The molecule has 1 aromatic rings. The van der Waals surface area contributed by atoms with Gasteiger partial charge in [0.2, 0.25) is 5.79 Å². The molecule has 3 nitrogen and oxygen atoms in total. The lowest BCUT2D eigenvalue weighted by molar-refractivity contribution is -0.425. The van der Waals surface area contributed by atoms with Gasteiger partial charge in [0.05, 0.1) is 0 Å². The fourth-order valence-electron chi connectivity index (χ4n) is 2.33. The van der Waals surface area contributed by atoms with Crippen molar-refractivity contribution in [1.82, 2.24) is 0 Å². The van der Waals surface area contributed by atoms with Gasteiger partial charge in [-0.1, -0.05) is 30.3 Å². The molecule has 1 aliphatic heterocycles. The maximum atomic E-state index is 5.83. The van der Waals surface area contributed by atoms with E-state index in [9.17, 15) is 0 Å². The second-order valence-corrected chi connectivity index (χ2v) is 4.31. The maximum absolute atomic E-state index is 5.83. The Morgan fingerprint density at radius 3 is 2.12 bits per heavy atom. The van der Waals surface area contributed by atoms with E-state index in [4.69, 9.17) is 14.2 Å². The second kappa shape index (κ2) is 4.77. The van der Waals surface area contributed by atoms with Crippen LogP contribution in [-0.2, 0) is 19.8 Å². The summed E-state index contributed by atoms with van der Waals surface area (Å²) in [6.45, 7) is 7.70. The Labute approximate surface area is 103 Å². The Bertz CT molecular complexity index is 357. The van der Waals surface area contributed by atoms with Crippen LogP contribution in [0.1, 0.15) is 26.3 Å². The smallest absolute Gasteiger partial charge is 0.226 e. The van der Waals surface area contributed by atoms with Crippen LogP contribution in [0, 0.1) is 0 Å². The molecule has 0 radical (unpaired) electrons. The van der Waals surface area contributed by atoms with Crippen molar-refractivity contribution in [3.63, 3.8) is 0 Å². The first-order valence-electron chi connectivity index (χ1n) is 6.16. The minimum Gasteiger partial charge on any atom is -0.359 e. The molecule has 1 heterocycles. The lowest BCUT2D eigenvalue weighted by atomic mass is 9.82. The number of ether oxygens (including phenoxy) is 3. The normalized spacial score (nSPS) is 26.5. The third kappa shape index (κ3) is 1.88. The summed E-state index contributed by atoms with van der Waals surface area (Å²) in [5.41, 5.74) is 0.577. The highest BCUT2D eigenvalue weighted by atomic mass is 16.8. The number of hydrogen-bond donors (Lipinski definition) is 0. The first-order chi connectivity index (χ1) is 8.18. The van der Waals surface area contributed by atoms with Crippen LogP contribution < -0.4 is 0 Å². The van der Waals surface area contributed by atoms with Gasteiger partial charge in [-0.15, -0.1) is 0 Å². The van der Waals surface area contributed by atoms with Gasteiger partial charge in [-0.05, 0) is 26.3 Å². The summed E-state index contributed by atoms with van der Waals surface area (Å²) in [5.74, 6) is -0.641. The first-order valence-corrected chi connectivity index (χ1v) is 6.16. The van der Waals surface area contributed by atoms with Crippen LogP contribution in [0.2, 0.25) is 0 Å². The topological polar surface area (TPSA) is 27.7 Å². The Hall–Kier alpha value is -0.900. The Morgan fingerprint density at radius 1 is 1.12 bits per heavy atom. The number of benzene rings is 1. The second-order valence-electron chi connectivity index (χ2n) is 4.31. The average molecular weight is 236 g/mol. The quantitative estimate of drug-likeness (QED) is 0.736. The molecule has 1 aromatic carbocycles. The van der Waals surface area contributed by atoms with E-state index in [1.807, 2.05) is 51.1 Å². The molecule has 3 heteroatoms. The molecule has 0 bridgehead atoms. The number of rotatable bonds is 5. The van der Waals surface area contributed by atoms with Gasteiger partial charge in [0.1, 0.15) is 12.2 Å². The van der Waals surface area contributed by atoms with E-state index < -0.39 is 11.4 Å². The molecular weight excluding hydrogens is 216 g/mol. The van der Waals surface area contributed by atoms with E-state index in [0.29, 0.717) is 19.8 Å². The van der Waals surface area contributed by atoms with Crippen molar-refractivity contribution < 1.29 is 14.2 Å². The van der Waals surface area contributed by atoms with Crippen LogP contribution in [0.15, 0.2) is 30.3 Å². The Morgan fingerprint density at radius 2 is 1.71 bits per heavy atom. The zero-order valence-electron chi connectivity index (χ0n) is 10.7. The van der Waals surface area contributed by atoms with E-state index in [0.717, 1.165) is 5.56 Å². The van der Waals surface area contributed by atoms with Gasteiger partial charge < -0.3 is 14.2 Å². The van der Waals surface area contributed by atoms with E-state index >= 15 is 0 Å². The largest absolute Gasteiger partial charge is 0.359 e. The molecule has 0 amide bonds. The van der Waals surface area contributed by atoms with Crippen molar-refractivity contribution >= 4 is 0 Å². The summed E-state index contributed by atoms with van der Waals surface area (Å²) in [6, 6.07) is 10.1. The molecule has 94 valence electrons. The molecule has 0 aromatic heterocycles. The van der Waals surface area contributed by atoms with Crippen molar-refractivity contribution in [3.8, 4) is 0 Å². The minimum absolute atomic E-state index is 0.486. The standard InChI is InChI=1S/C14H20O3/c1-4-15-14(16-5-2)11-17-13(14,3)12-9-7-6-8-10-12/h6-10H,4-5,11H2,1-3H3. The third-order valence-corrected chi connectivity index (χ3v) is 3.36. The highest BCUT2D eigenvalue weighted by Gasteiger charge is 2.61. The van der Waals surface area contributed by atoms with Crippen molar-refractivity contribution in [2.75, 3.05) is 19.8 Å². The molecular formula is C14H20O3. The molecule has 17 heavy (non-hydrogen) atoms. The van der Waals surface area contributed by atoms with Gasteiger partial charge in [0.15, 0.2) is 0 Å². The lowest BCUT2D eigenvalue weighted by Crippen LogP contribution is -2.67. The molecule has 1 unspecified atom stereocenters. The van der Waals surface area contributed by atoms with Crippen LogP contribution in [-0.4, -0.2) is 25.6 Å². The summed E-state index contributed by atoms with van der Waals surface area (Å²) in [6.07, 6.45) is 0. The summed E-state index contributed by atoms with van der Waals surface area (Å²) in [7, 11) is 0. The zero-order valence-corrected chi connectivity index (χ0v) is 10.7. The van der Waals surface area contributed by atoms with E-state index in [1.54, 1.807) is 0 Å². The number of hydrogen-bond acceptors (Lipinski definition) is 3. The van der Waals surface area contributed by atoms with Crippen LogP contribution in [0.3, 0.4) is 0 Å². The van der Waals surface area contributed by atoms with Gasteiger partial charge in [-0.2, -0.15) is 0 Å². The Balaban J connectivity index is 2.30. The third-order valence-electron chi connectivity index (χ3n) is 3.36. The average Bonchev–Trinajstić information content (AvgIpc) is 2.37. The van der Waals surface area contributed by atoms with Gasteiger partial charge >= 0.3 is 0 Å². The lowest BCUT2D eigenvalue weighted by Gasteiger charge is -2.55. The molecule has 0 N–H and O–H groups in total. The first kappa shape index (κ1) is 12.6. The predicted octanol–water partition coefficient (Wildman–Crippen LogP) is 2.70. The van der Waals surface area contributed by atoms with Gasteiger partial charge in [0.25, 0.3) is 0 Å². The molecule has 1 atom stereocenters. The van der Waals surface area contributed by atoms with Gasteiger partial charge in [0, 0.05) is 13.2 Å². The van der Waals surface area contributed by atoms with Crippen LogP contribution >= 0.6 is 0 Å². The highest BCUT2D eigenvalue weighted by molar-refractivity contribution is 5.27. The fourth-order valence-corrected chi connectivity index (χ4v) is 2.33. The SMILES string of the molecule is CCOC1(OCC)COC1(C)c1ccccc1. The van der Waals surface area contributed by atoms with Crippen LogP contribution in [0.4, 0.5) is 0 Å². The molecule has 0 spiro atoms. The van der Waals surface area contributed by atoms with Crippen molar-refractivity contribution in [3.05, 3.63) is 35.9 Å². The molecule has 2 rings (SSSR count). The summed E-state index contributed by atoms with van der Waals surface area (Å²) in [4.78, 5) is 0. The predicted molar refractivity (Wildman–Crippen MR) is 65.7 cm³/mol.